The normalized spacial score (nSPS) is 13.8. The highest BCUT2D eigenvalue weighted by Gasteiger charge is 2.13. The zero-order valence-corrected chi connectivity index (χ0v) is 14.0. The Morgan fingerprint density at radius 2 is 2.04 bits per heavy atom. The minimum absolute atomic E-state index is 0.0594. The van der Waals surface area contributed by atoms with Gasteiger partial charge in [0, 0.05) is 38.3 Å². The van der Waals surface area contributed by atoms with Crippen molar-refractivity contribution in [2.24, 2.45) is 0 Å². The largest absolute Gasteiger partial charge is 0.370 e. The molecule has 24 heavy (non-hydrogen) atoms. The summed E-state index contributed by atoms with van der Waals surface area (Å²) in [5.74, 6) is 1.77. The molecule has 1 aliphatic heterocycles. The number of carbonyl (C=O) groups is 1. The molecule has 2 heterocycles. The lowest BCUT2D eigenvalue weighted by Gasteiger charge is -2.16. The summed E-state index contributed by atoms with van der Waals surface area (Å²) in [7, 11) is 1.64. The zero-order valence-electron chi connectivity index (χ0n) is 14.0. The summed E-state index contributed by atoms with van der Waals surface area (Å²) in [6.45, 7) is 2.90. The molecule has 0 radical (unpaired) electrons. The van der Waals surface area contributed by atoms with Crippen LogP contribution in [0.4, 0.5) is 11.6 Å². The average Bonchev–Trinajstić information content (AvgIpc) is 3.16. The molecule has 1 amide bonds. The molecular weight excluding hydrogens is 302 g/mol. The Labute approximate surface area is 142 Å². The van der Waals surface area contributed by atoms with Gasteiger partial charge in [0.1, 0.15) is 18.0 Å². The molecule has 0 bridgehead atoms. The highest BCUT2D eigenvalue weighted by Crippen LogP contribution is 2.19. The second-order valence-electron chi connectivity index (χ2n) is 5.91. The van der Waals surface area contributed by atoms with Gasteiger partial charge in [-0.1, -0.05) is 12.1 Å². The molecule has 2 aromatic rings. The Morgan fingerprint density at radius 3 is 2.83 bits per heavy atom. The van der Waals surface area contributed by atoms with Gasteiger partial charge in [0.2, 0.25) is 0 Å². The van der Waals surface area contributed by atoms with Crippen molar-refractivity contribution in [3.63, 3.8) is 0 Å². The van der Waals surface area contributed by atoms with Gasteiger partial charge in [-0.15, -0.1) is 0 Å². The summed E-state index contributed by atoms with van der Waals surface area (Å²) < 4.78 is 0. The number of aromatic nitrogens is 2. The molecule has 0 spiro atoms. The lowest BCUT2D eigenvalue weighted by atomic mass is 10.1. The van der Waals surface area contributed by atoms with Crippen molar-refractivity contribution in [1.29, 1.82) is 0 Å². The van der Waals surface area contributed by atoms with Gasteiger partial charge in [-0.2, -0.15) is 0 Å². The van der Waals surface area contributed by atoms with Crippen LogP contribution in [0.15, 0.2) is 36.7 Å². The van der Waals surface area contributed by atoms with Crippen LogP contribution in [-0.2, 0) is 6.42 Å². The maximum atomic E-state index is 11.7. The molecule has 1 fully saturated rings. The first-order valence-corrected chi connectivity index (χ1v) is 8.38. The van der Waals surface area contributed by atoms with Crippen molar-refractivity contribution in [2.75, 3.05) is 36.9 Å². The zero-order chi connectivity index (χ0) is 16.8. The number of carbonyl (C=O) groups excluding carboxylic acids is 1. The summed E-state index contributed by atoms with van der Waals surface area (Å²) in [5.41, 5.74) is 1.81. The standard InChI is InChI=1S/C18H23N5O/c1-19-18(24)15-6-4-5-14(11-15)7-8-20-16-12-17(22-13-21-16)23-9-2-3-10-23/h4-6,11-13H,2-3,7-10H2,1H3,(H,19,24)(H,20,21,22). The maximum absolute atomic E-state index is 11.7. The summed E-state index contributed by atoms with van der Waals surface area (Å²) in [6.07, 6.45) is 4.90. The molecule has 6 heteroatoms. The summed E-state index contributed by atoms with van der Waals surface area (Å²) in [6, 6.07) is 9.70. The number of amides is 1. The van der Waals surface area contributed by atoms with Crippen molar-refractivity contribution in [2.45, 2.75) is 19.3 Å². The second kappa shape index (κ2) is 7.77. The third-order valence-electron chi connectivity index (χ3n) is 4.22. The third kappa shape index (κ3) is 4.01. The van der Waals surface area contributed by atoms with Gasteiger partial charge in [-0.3, -0.25) is 4.79 Å². The third-order valence-corrected chi connectivity index (χ3v) is 4.22. The average molecular weight is 325 g/mol. The van der Waals surface area contributed by atoms with E-state index in [4.69, 9.17) is 0 Å². The van der Waals surface area contributed by atoms with Crippen molar-refractivity contribution in [3.8, 4) is 0 Å². The molecule has 2 N–H and O–H groups in total. The molecular formula is C18H23N5O. The van der Waals surface area contributed by atoms with Crippen molar-refractivity contribution >= 4 is 17.5 Å². The Morgan fingerprint density at radius 1 is 1.21 bits per heavy atom. The fourth-order valence-electron chi connectivity index (χ4n) is 2.91. The monoisotopic (exact) mass is 325 g/mol. The molecule has 1 aromatic heterocycles. The van der Waals surface area contributed by atoms with Crippen LogP contribution in [0.1, 0.15) is 28.8 Å². The number of hydrogen-bond donors (Lipinski definition) is 2. The molecule has 0 unspecified atom stereocenters. The number of anilines is 2. The Bertz CT molecular complexity index is 697. The van der Waals surface area contributed by atoms with Crippen LogP contribution < -0.4 is 15.5 Å². The first-order valence-electron chi connectivity index (χ1n) is 8.38. The first kappa shape index (κ1) is 16.2. The van der Waals surface area contributed by atoms with Crippen LogP contribution in [0.2, 0.25) is 0 Å². The summed E-state index contributed by atoms with van der Waals surface area (Å²) >= 11 is 0. The summed E-state index contributed by atoms with van der Waals surface area (Å²) in [4.78, 5) is 22.6. The van der Waals surface area contributed by atoms with E-state index in [9.17, 15) is 4.79 Å². The number of nitrogens with zero attached hydrogens (tertiary/aromatic N) is 3. The van der Waals surface area contributed by atoms with Crippen LogP contribution in [0.5, 0.6) is 0 Å². The van der Waals surface area contributed by atoms with Gasteiger partial charge in [0.05, 0.1) is 0 Å². The molecule has 0 aliphatic carbocycles. The van der Waals surface area contributed by atoms with Crippen molar-refractivity contribution < 1.29 is 4.79 Å². The minimum atomic E-state index is -0.0594. The molecule has 0 saturated carbocycles. The van der Waals surface area contributed by atoms with Gasteiger partial charge in [-0.05, 0) is 37.0 Å². The second-order valence-corrected chi connectivity index (χ2v) is 5.91. The molecule has 1 aliphatic rings. The van der Waals surface area contributed by atoms with Gasteiger partial charge in [-0.25, -0.2) is 9.97 Å². The summed E-state index contributed by atoms with van der Waals surface area (Å²) in [5, 5.41) is 5.99. The fraction of sp³-hybridized carbons (Fsp3) is 0.389. The fourth-order valence-corrected chi connectivity index (χ4v) is 2.91. The van der Waals surface area contributed by atoms with E-state index in [0.717, 1.165) is 43.3 Å². The predicted octanol–water partition coefficient (Wildman–Crippen LogP) is 2.09. The minimum Gasteiger partial charge on any atom is -0.370 e. The number of nitrogens with one attached hydrogen (secondary N) is 2. The Hall–Kier alpha value is -2.63. The van der Waals surface area contributed by atoms with E-state index in [1.807, 2.05) is 30.3 Å². The SMILES string of the molecule is CNC(=O)c1cccc(CCNc2cc(N3CCCC3)ncn2)c1. The van der Waals surface area contributed by atoms with Crippen LogP contribution >= 0.6 is 0 Å². The van der Waals surface area contributed by atoms with Crippen molar-refractivity contribution in [3.05, 3.63) is 47.8 Å². The van der Waals surface area contributed by atoms with Gasteiger partial charge < -0.3 is 15.5 Å². The lowest BCUT2D eigenvalue weighted by Crippen LogP contribution is -2.19. The van der Waals surface area contributed by atoms with Gasteiger partial charge in [0.15, 0.2) is 0 Å². The van der Waals surface area contributed by atoms with E-state index in [0.29, 0.717) is 5.56 Å². The smallest absolute Gasteiger partial charge is 0.251 e. The highest BCUT2D eigenvalue weighted by atomic mass is 16.1. The maximum Gasteiger partial charge on any atom is 0.251 e. The number of benzene rings is 1. The van der Waals surface area contributed by atoms with E-state index in [2.05, 4.69) is 25.5 Å². The van der Waals surface area contributed by atoms with Gasteiger partial charge >= 0.3 is 0 Å². The Balaban J connectivity index is 1.56. The predicted molar refractivity (Wildman–Crippen MR) is 95.5 cm³/mol. The van der Waals surface area contributed by atoms with Crippen LogP contribution in [0.3, 0.4) is 0 Å². The molecule has 6 nitrogen and oxygen atoms in total. The van der Waals surface area contributed by atoms with Crippen LogP contribution in [0, 0.1) is 0 Å². The number of hydrogen-bond acceptors (Lipinski definition) is 5. The van der Waals surface area contributed by atoms with Crippen molar-refractivity contribution in [1.82, 2.24) is 15.3 Å². The quantitative estimate of drug-likeness (QED) is 0.851. The molecule has 0 atom stereocenters. The first-order chi connectivity index (χ1) is 11.8. The topological polar surface area (TPSA) is 70.2 Å². The number of rotatable bonds is 6. The highest BCUT2D eigenvalue weighted by molar-refractivity contribution is 5.94. The van der Waals surface area contributed by atoms with E-state index < -0.39 is 0 Å². The van der Waals surface area contributed by atoms with E-state index in [1.165, 1.54) is 12.8 Å². The Kier molecular flexibility index (Phi) is 5.25. The molecule has 126 valence electrons. The van der Waals surface area contributed by atoms with E-state index in [-0.39, 0.29) is 5.91 Å². The van der Waals surface area contributed by atoms with E-state index in [1.54, 1.807) is 13.4 Å². The van der Waals surface area contributed by atoms with E-state index >= 15 is 0 Å². The van der Waals surface area contributed by atoms with Gasteiger partial charge in [0.25, 0.3) is 5.91 Å². The lowest BCUT2D eigenvalue weighted by molar-refractivity contribution is 0.0963. The van der Waals surface area contributed by atoms with Crippen LogP contribution in [-0.4, -0.2) is 42.6 Å². The van der Waals surface area contributed by atoms with Crippen LogP contribution in [0.25, 0.3) is 0 Å². The molecule has 1 aromatic carbocycles. The molecule has 3 rings (SSSR count). The molecule has 1 saturated heterocycles.